The number of alkyl halides is 3. The molecule has 2 atom stereocenters. The number of carboxylic acids is 1. The predicted molar refractivity (Wildman–Crippen MR) is 68.2 cm³/mol. The van der Waals surface area contributed by atoms with Gasteiger partial charge in [0.1, 0.15) is 0 Å². The molecule has 0 bridgehead atoms. The van der Waals surface area contributed by atoms with Gasteiger partial charge in [-0.2, -0.15) is 13.2 Å². The Hall–Kier alpha value is -2.04. The molecule has 0 saturated heterocycles. The van der Waals surface area contributed by atoms with Crippen LogP contribution in [0.15, 0.2) is 54.1 Å². The average Bonchev–Trinajstić information content (AvgIpc) is 2.38. The third-order valence-corrected chi connectivity index (χ3v) is 3.59. The zero-order chi connectivity index (χ0) is 15.0. The van der Waals surface area contributed by atoms with E-state index in [1.807, 2.05) is 0 Å². The number of carbonyl (C=O) groups is 1. The normalized spacial score (nSPS) is 26.2. The van der Waals surface area contributed by atoms with Crippen molar-refractivity contribution in [1.29, 1.82) is 0 Å². The Morgan fingerprint density at radius 2 is 1.85 bits per heavy atom. The Labute approximate surface area is 114 Å². The van der Waals surface area contributed by atoms with Crippen molar-refractivity contribution in [2.45, 2.75) is 19.0 Å². The summed E-state index contributed by atoms with van der Waals surface area (Å²) in [4.78, 5) is 10.9. The molecule has 0 fully saturated rings. The molecule has 2 unspecified atom stereocenters. The number of rotatable bonds is 2. The maximum atomic E-state index is 13.4. The molecule has 1 aliphatic rings. The second kappa shape index (κ2) is 4.81. The predicted octanol–water partition coefficient (Wildman–Crippen LogP) is 3.92. The number of hydrogen-bond acceptors (Lipinski definition) is 1. The summed E-state index contributed by atoms with van der Waals surface area (Å²) in [5, 5.41) is 8.91. The first-order valence-electron chi connectivity index (χ1n) is 6.02. The van der Waals surface area contributed by atoms with E-state index in [9.17, 15) is 18.0 Å². The molecular weight excluding hydrogens is 269 g/mol. The van der Waals surface area contributed by atoms with E-state index in [2.05, 4.69) is 0 Å². The van der Waals surface area contributed by atoms with Crippen molar-refractivity contribution in [3.8, 4) is 0 Å². The SMILES string of the molecule is CC1(C(F)(F)F)C=C(C(=O)O)C=CC1c1ccccc1. The first kappa shape index (κ1) is 14.4. The number of benzene rings is 1. The quantitative estimate of drug-likeness (QED) is 0.892. The first-order valence-corrected chi connectivity index (χ1v) is 6.02. The average molecular weight is 282 g/mol. The molecule has 0 aliphatic heterocycles. The van der Waals surface area contributed by atoms with Crippen LogP contribution in [-0.2, 0) is 4.79 Å². The summed E-state index contributed by atoms with van der Waals surface area (Å²) >= 11 is 0. The van der Waals surface area contributed by atoms with E-state index >= 15 is 0 Å². The Morgan fingerprint density at radius 1 is 1.25 bits per heavy atom. The van der Waals surface area contributed by atoms with Crippen LogP contribution in [0, 0.1) is 5.41 Å². The van der Waals surface area contributed by atoms with Gasteiger partial charge in [0.25, 0.3) is 0 Å². The molecule has 0 spiro atoms. The number of halogens is 3. The molecule has 0 heterocycles. The summed E-state index contributed by atoms with van der Waals surface area (Å²) in [5.41, 5.74) is -2.07. The Bertz CT molecular complexity index is 573. The smallest absolute Gasteiger partial charge is 0.398 e. The highest BCUT2D eigenvalue weighted by Gasteiger charge is 2.55. The fourth-order valence-electron chi connectivity index (χ4n) is 2.37. The van der Waals surface area contributed by atoms with E-state index in [1.165, 1.54) is 12.2 Å². The first-order chi connectivity index (χ1) is 9.25. The van der Waals surface area contributed by atoms with Gasteiger partial charge in [0.15, 0.2) is 0 Å². The highest BCUT2D eigenvalue weighted by molar-refractivity contribution is 5.90. The zero-order valence-electron chi connectivity index (χ0n) is 10.7. The van der Waals surface area contributed by atoms with Crippen LogP contribution in [0.4, 0.5) is 13.2 Å². The minimum atomic E-state index is -4.54. The van der Waals surface area contributed by atoms with E-state index < -0.39 is 23.5 Å². The topological polar surface area (TPSA) is 37.3 Å². The van der Waals surface area contributed by atoms with E-state index in [1.54, 1.807) is 30.3 Å². The van der Waals surface area contributed by atoms with Crippen molar-refractivity contribution in [3.05, 3.63) is 59.7 Å². The summed E-state index contributed by atoms with van der Waals surface area (Å²) in [6.07, 6.45) is -1.20. The molecule has 2 rings (SSSR count). The van der Waals surface area contributed by atoms with Crippen LogP contribution in [0.3, 0.4) is 0 Å². The van der Waals surface area contributed by atoms with Crippen molar-refractivity contribution in [2.75, 3.05) is 0 Å². The van der Waals surface area contributed by atoms with Gasteiger partial charge < -0.3 is 5.11 Å². The van der Waals surface area contributed by atoms with Crippen molar-refractivity contribution in [1.82, 2.24) is 0 Å². The van der Waals surface area contributed by atoms with Gasteiger partial charge in [-0.05, 0) is 12.5 Å². The van der Waals surface area contributed by atoms with Gasteiger partial charge in [0.05, 0.1) is 11.0 Å². The highest BCUT2D eigenvalue weighted by Crippen LogP contribution is 2.52. The van der Waals surface area contributed by atoms with E-state index in [0.717, 1.165) is 13.0 Å². The van der Waals surface area contributed by atoms with Crippen molar-refractivity contribution >= 4 is 5.97 Å². The fourth-order valence-corrected chi connectivity index (χ4v) is 2.37. The fraction of sp³-hybridized carbons (Fsp3) is 0.267. The molecule has 1 N–H and O–H groups in total. The lowest BCUT2D eigenvalue weighted by Gasteiger charge is -2.38. The number of aliphatic carboxylic acids is 1. The van der Waals surface area contributed by atoms with Crippen LogP contribution in [-0.4, -0.2) is 17.3 Å². The third kappa shape index (κ3) is 2.35. The molecule has 106 valence electrons. The molecule has 0 amide bonds. The Morgan fingerprint density at radius 3 is 2.35 bits per heavy atom. The molecule has 5 heteroatoms. The molecule has 1 aliphatic carbocycles. The second-order valence-corrected chi connectivity index (χ2v) is 4.93. The molecule has 0 aromatic heterocycles. The zero-order valence-corrected chi connectivity index (χ0v) is 10.7. The lowest BCUT2D eigenvalue weighted by molar-refractivity contribution is -0.204. The standard InChI is InChI=1S/C15H13F3O2/c1-14(15(16,17)18)9-11(13(19)20)7-8-12(14)10-5-3-2-4-6-10/h2-9,12H,1H3,(H,19,20). The lowest BCUT2D eigenvalue weighted by Crippen LogP contribution is -2.40. The minimum Gasteiger partial charge on any atom is -0.478 e. The molecule has 2 nitrogen and oxygen atoms in total. The summed E-state index contributed by atoms with van der Waals surface area (Å²) in [5.74, 6) is -2.30. The maximum Gasteiger partial charge on any atom is 0.398 e. The summed E-state index contributed by atoms with van der Waals surface area (Å²) in [7, 11) is 0. The largest absolute Gasteiger partial charge is 0.478 e. The van der Waals surface area contributed by atoms with Gasteiger partial charge in [-0.1, -0.05) is 48.6 Å². The van der Waals surface area contributed by atoms with E-state index in [0.29, 0.717) is 5.56 Å². The maximum absolute atomic E-state index is 13.4. The molecule has 0 radical (unpaired) electrons. The van der Waals surface area contributed by atoms with E-state index in [-0.39, 0.29) is 5.57 Å². The van der Waals surface area contributed by atoms with Crippen molar-refractivity contribution in [2.24, 2.45) is 5.41 Å². The van der Waals surface area contributed by atoms with Crippen LogP contribution in [0.25, 0.3) is 0 Å². The molecule has 1 aromatic rings. The summed E-state index contributed by atoms with van der Waals surface area (Å²) in [6.45, 7) is 1.02. The van der Waals surface area contributed by atoms with Crippen LogP contribution in [0.2, 0.25) is 0 Å². The molecular formula is C15H13F3O2. The molecule has 1 aromatic carbocycles. The van der Waals surface area contributed by atoms with E-state index in [4.69, 9.17) is 5.11 Å². The second-order valence-electron chi connectivity index (χ2n) is 4.93. The molecule has 0 saturated carbocycles. The van der Waals surface area contributed by atoms with Crippen LogP contribution in [0.1, 0.15) is 18.4 Å². The highest BCUT2D eigenvalue weighted by atomic mass is 19.4. The van der Waals surface area contributed by atoms with Gasteiger partial charge in [0.2, 0.25) is 0 Å². The van der Waals surface area contributed by atoms with Crippen LogP contribution >= 0.6 is 0 Å². The van der Waals surface area contributed by atoms with Crippen LogP contribution in [0.5, 0.6) is 0 Å². The third-order valence-electron chi connectivity index (χ3n) is 3.59. The summed E-state index contributed by atoms with van der Waals surface area (Å²) < 4.78 is 40.3. The lowest BCUT2D eigenvalue weighted by atomic mass is 9.69. The Kier molecular flexibility index (Phi) is 3.46. The summed E-state index contributed by atoms with van der Waals surface area (Å²) in [6, 6.07) is 8.27. The number of allylic oxidation sites excluding steroid dienone is 2. The van der Waals surface area contributed by atoms with Crippen LogP contribution < -0.4 is 0 Å². The van der Waals surface area contributed by atoms with Gasteiger partial charge >= 0.3 is 12.1 Å². The van der Waals surface area contributed by atoms with Gasteiger partial charge in [-0.15, -0.1) is 0 Å². The number of carboxylic acid groups (broad SMARTS) is 1. The van der Waals surface area contributed by atoms with Gasteiger partial charge in [-0.3, -0.25) is 0 Å². The van der Waals surface area contributed by atoms with Crippen molar-refractivity contribution in [3.63, 3.8) is 0 Å². The van der Waals surface area contributed by atoms with Gasteiger partial charge in [-0.25, -0.2) is 4.79 Å². The Balaban J connectivity index is 2.54. The van der Waals surface area contributed by atoms with Gasteiger partial charge in [0, 0.05) is 5.92 Å². The monoisotopic (exact) mass is 282 g/mol. The molecule has 20 heavy (non-hydrogen) atoms. The van der Waals surface area contributed by atoms with Crippen molar-refractivity contribution < 1.29 is 23.1 Å². The minimum absolute atomic E-state index is 0.336. The number of hydrogen-bond donors (Lipinski definition) is 1.